The van der Waals surface area contributed by atoms with Crippen molar-refractivity contribution in [2.45, 2.75) is 51.3 Å². The van der Waals surface area contributed by atoms with Gasteiger partial charge in [-0.15, -0.1) is 0 Å². The Hall–Kier alpha value is 0.390. The van der Waals surface area contributed by atoms with Crippen LogP contribution in [0.2, 0.25) is 0 Å². The van der Waals surface area contributed by atoms with Crippen molar-refractivity contribution in [1.29, 1.82) is 0 Å². The maximum absolute atomic E-state index is 11.7. The van der Waals surface area contributed by atoms with Crippen LogP contribution in [0.3, 0.4) is 0 Å². The van der Waals surface area contributed by atoms with Gasteiger partial charge in [0.05, 0.1) is 5.25 Å². The summed E-state index contributed by atoms with van der Waals surface area (Å²) in [5.41, 5.74) is -0.330. The molecule has 3 nitrogen and oxygen atoms in total. The van der Waals surface area contributed by atoms with Gasteiger partial charge >= 0.3 is 0 Å². The molecule has 0 fully saturated rings. The summed E-state index contributed by atoms with van der Waals surface area (Å²) in [4.78, 5) is 0. The number of sulfonamides is 1. The van der Waals surface area contributed by atoms with Gasteiger partial charge in [0.1, 0.15) is 0 Å². The first kappa shape index (κ1) is 14.4. The highest BCUT2D eigenvalue weighted by atomic mass is 79.9. The number of rotatable bonds is 6. The van der Waals surface area contributed by atoms with Crippen LogP contribution < -0.4 is 4.72 Å². The molecule has 0 unspecified atom stereocenters. The zero-order chi connectivity index (χ0) is 11.4. The molecule has 0 bridgehead atoms. The van der Waals surface area contributed by atoms with Crippen LogP contribution in [0.1, 0.15) is 40.5 Å². The molecule has 0 aromatic heterocycles. The fraction of sp³-hybridized carbons (Fsp3) is 1.00. The number of halogens is 1. The third kappa shape index (κ3) is 3.51. The highest BCUT2D eigenvalue weighted by molar-refractivity contribution is 9.09. The molecule has 0 aliphatic rings. The molecule has 0 aromatic rings. The molecule has 14 heavy (non-hydrogen) atoms. The van der Waals surface area contributed by atoms with Crippen LogP contribution in [-0.2, 0) is 10.0 Å². The molecule has 0 radical (unpaired) electrons. The topological polar surface area (TPSA) is 46.2 Å². The average molecular weight is 286 g/mol. The normalized spacial score (nSPS) is 13.6. The smallest absolute Gasteiger partial charge is 0.212 e. The maximum atomic E-state index is 11.7. The molecule has 0 aliphatic heterocycles. The molecule has 0 heterocycles. The number of nitrogens with one attached hydrogen (secondary N) is 1. The minimum atomic E-state index is -3.17. The number of hydrogen-bond donors (Lipinski definition) is 1. The first-order valence-electron chi connectivity index (χ1n) is 4.92. The third-order valence-electron chi connectivity index (χ3n) is 2.59. The fourth-order valence-corrected chi connectivity index (χ4v) is 3.35. The lowest BCUT2D eigenvalue weighted by molar-refractivity contribution is 0.397. The van der Waals surface area contributed by atoms with Gasteiger partial charge < -0.3 is 0 Å². The molecular formula is C9H20BrNO2S. The first-order valence-corrected chi connectivity index (χ1v) is 7.59. The van der Waals surface area contributed by atoms with Crippen molar-refractivity contribution >= 4 is 26.0 Å². The van der Waals surface area contributed by atoms with E-state index in [1.54, 1.807) is 13.8 Å². The summed E-state index contributed by atoms with van der Waals surface area (Å²) in [5, 5.41) is 0.276. The Balaban J connectivity index is 4.78. The van der Waals surface area contributed by atoms with E-state index in [1.165, 1.54) is 0 Å². The monoisotopic (exact) mass is 285 g/mol. The van der Waals surface area contributed by atoms with Crippen molar-refractivity contribution in [3.8, 4) is 0 Å². The van der Waals surface area contributed by atoms with Crippen molar-refractivity contribution in [2.75, 3.05) is 5.33 Å². The van der Waals surface area contributed by atoms with Gasteiger partial charge in [0, 0.05) is 10.9 Å². The lowest BCUT2D eigenvalue weighted by Gasteiger charge is -2.31. The second-order valence-electron chi connectivity index (χ2n) is 3.82. The molecule has 1 N–H and O–H groups in total. The molecule has 0 aliphatic carbocycles. The first-order chi connectivity index (χ1) is 6.33. The Morgan fingerprint density at radius 1 is 1.29 bits per heavy atom. The minimum absolute atomic E-state index is 0.330. The van der Waals surface area contributed by atoms with Gasteiger partial charge in [0.25, 0.3) is 0 Å². The van der Waals surface area contributed by atoms with Crippen molar-refractivity contribution in [3.63, 3.8) is 0 Å². The Bertz CT molecular complexity index is 250. The quantitative estimate of drug-likeness (QED) is 0.761. The van der Waals surface area contributed by atoms with Crippen LogP contribution in [-0.4, -0.2) is 24.5 Å². The Morgan fingerprint density at radius 3 is 1.93 bits per heavy atom. The van der Waals surface area contributed by atoms with E-state index >= 15 is 0 Å². The summed E-state index contributed by atoms with van der Waals surface area (Å²) in [6.07, 6.45) is 1.58. The molecule has 0 amide bonds. The maximum Gasteiger partial charge on any atom is 0.214 e. The fourth-order valence-electron chi connectivity index (χ4n) is 1.03. The molecular weight excluding hydrogens is 266 g/mol. The predicted molar refractivity (Wildman–Crippen MR) is 64.3 cm³/mol. The Morgan fingerprint density at radius 2 is 1.71 bits per heavy atom. The summed E-state index contributed by atoms with van der Waals surface area (Å²) in [5.74, 6) is 0. The van der Waals surface area contributed by atoms with Crippen LogP contribution in [0.5, 0.6) is 0 Å². The lowest BCUT2D eigenvalue weighted by atomic mass is 9.97. The van der Waals surface area contributed by atoms with E-state index in [0.29, 0.717) is 5.33 Å². The Kier molecular flexibility index (Phi) is 5.62. The van der Waals surface area contributed by atoms with Crippen LogP contribution in [0.25, 0.3) is 0 Å². The third-order valence-corrected chi connectivity index (χ3v) is 5.62. The van der Waals surface area contributed by atoms with E-state index < -0.39 is 10.0 Å². The molecule has 86 valence electrons. The molecule has 0 atom stereocenters. The van der Waals surface area contributed by atoms with Crippen molar-refractivity contribution in [2.24, 2.45) is 0 Å². The molecule has 5 heteroatoms. The van der Waals surface area contributed by atoms with Gasteiger partial charge in [-0.1, -0.05) is 29.8 Å². The van der Waals surface area contributed by atoms with E-state index in [2.05, 4.69) is 20.7 Å². The second-order valence-corrected chi connectivity index (χ2v) is 6.61. The summed E-state index contributed by atoms with van der Waals surface area (Å²) < 4.78 is 26.2. The van der Waals surface area contributed by atoms with Gasteiger partial charge in [-0.25, -0.2) is 13.1 Å². The summed E-state index contributed by atoms with van der Waals surface area (Å²) in [7, 11) is -3.17. The van der Waals surface area contributed by atoms with E-state index in [9.17, 15) is 8.42 Å². The molecule has 0 aromatic carbocycles. The summed E-state index contributed by atoms with van der Waals surface area (Å²) in [6.45, 7) is 7.36. The summed E-state index contributed by atoms with van der Waals surface area (Å²) >= 11 is 3.37. The molecule has 0 saturated carbocycles. The number of alkyl halides is 1. The van der Waals surface area contributed by atoms with Crippen LogP contribution in [0.4, 0.5) is 0 Å². The Labute approximate surface area is 95.8 Å². The highest BCUT2D eigenvalue weighted by Gasteiger charge is 2.31. The van der Waals surface area contributed by atoms with Gasteiger partial charge in [-0.3, -0.25) is 0 Å². The lowest BCUT2D eigenvalue weighted by Crippen LogP contribution is -2.51. The number of hydrogen-bond acceptors (Lipinski definition) is 2. The second kappa shape index (κ2) is 5.47. The largest absolute Gasteiger partial charge is 0.214 e. The van der Waals surface area contributed by atoms with Gasteiger partial charge in [-0.05, 0) is 26.7 Å². The SMILES string of the molecule is CCC(CC)(CBr)NS(=O)(=O)C(C)C. The minimum Gasteiger partial charge on any atom is -0.212 e. The van der Waals surface area contributed by atoms with E-state index in [-0.39, 0.29) is 10.8 Å². The predicted octanol–water partition coefficient (Wildman–Crippen LogP) is 2.27. The van der Waals surface area contributed by atoms with Crippen LogP contribution >= 0.6 is 15.9 Å². The van der Waals surface area contributed by atoms with Gasteiger partial charge in [0.2, 0.25) is 10.0 Å². The molecule has 0 saturated heterocycles. The van der Waals surface area contributed by atoms with Gasteiger partial charge in [0.15, 0.2) is 0 Å². The zero-order valence-corrected chi connectivity index (χ0v) is 11.7. The van der Waals surface area contributed by atoms with E-state index in [0.717, 1.165) is 12.8 Å². The van der Waals surface area contributed by atoms with E-state index in [1.807, 2.05) is 13.8 Å². The van der Waals surface area contributed by atoms with Crippen molar-refractivity contribution in [1.82, 2.24) is 4.72 Å². The zero-order valence-electron chi connectivity index (χ0n) is 9.30. The van der Waals surface area contributed by atoms with Crippen LogP contribution in [0.15, 0.2) is 0 Å². The molecule has 0 rings (SSSR count). The van der Waals surface area contributed by atoms with Crippen molar-refractivity contribution < 1.29 is 8.42 Å². The molecule has 0 spiro atoms. The highest BCUT2D eigenvalue weighted by Crippen LogP contribution is 2.20. The standard InChI is InChI=1S/C9H20BrNO2S/c1-5-9(6-2,7-10)11-14(12,13)8(3)4/h8,11H,5-7H2,1-4H3. The van der Waals surface area contributed by atoms with Crippen molar-refractivity contribution in [3.05, 3.63) is 0 Å². The summed E-state index contributed by atoms with van der Waals surface area (Å²) in [6, 6.07) is 0. The van der Waals surface area contributed by atoms with E-state index in [4.69, 9.17) is 0 Å². The average Bonchev–Trinajstić information content (AvgIpc) is 2.14. The van der Waals surface area contributed by atoms with Gasteiger partial charge in [-0.2, -0.15) is 0 Å². The van der Waals surface area contributed by atoms with Crippen LogP contribution in [0, 0.1) is 0 Å².